The fourth-order valence-corrected chi connectivity index (χ4v) is 3.20. The van der Waals surface area contributed by atoms with E-state index in [1.807, 2.05) is 58.9 Å². The van der Waals surface area contributed by atoms with Crippen LogP contribution in [0, 0.1) is 30.6 Å². The van der Waals surface area contributed by atoms with Crippen molar-refractivity contribution >= 4 is 17.4 Å². The second kappa shape index (κ2) is 6.85. The maximum Gasteiger partial charge on any atom is 0.345 e. The molecule has 136 valence electrons. The van der Waals surface area contributed by atoms with Gasteiger partial charge in [-0.15, -0.1) is 0 Å². The number of ether oxygens (including phenoxy) is 1. The van der Waals surface area contributed by atoms with Crippen molar-refractivity contribution in [2.45, 2.75) is 34.6 Å². The number of nitriles is 1. The molecular weight excluding hydrogens is 336 g/mol. The minimum atomic E-state index is -0.417. The molecule has 1 heterocycles. The molecule has 1 aliphatic heterocycles. The van der Waals surface area contributed by atoms with Gasteiger partial charge in [-0.1, -0.05) is 62.2 Å². The lowest BCUT2D eigenvalue weighted by Crippen LogP contribution is -2.13. The Labute approximate surface area is 159 Å². The number of fused-ring (bicyclic) bond motifs is 1. The van der Waals surface area contributed by atoms with E-state index in [1.165, 1.54) is 0 Å². The number of aliphatic imine (C=N–C) groups is 1. The molecule has 0 amide bonds. The molecule has 0 spiro atoms. The van der Waals surface area contributed by atoms with Gasteiger partial charge in [-0.3, -0.25) is 0 Å². The van der Waals surface area contributed by atoms with Crippen molar-refractivity contribution in [1.29, 1.82) is 5.26 Å². The molecule has 2 aromatic rings. The highest BCUT2D eigenvalue weighted by molar-refractivity contribution is 6.17. The molecule has 0 aromatic heterocycles. The lowest BCUT2D eigenvalue weighted by Gasteiger charge is -2.22. The monoisotopic (exact) mass is 358 g/mol. The highest BCUT2D eigenvalue weighted by Gasteiger charge is 2.30. The zero-order chi connectivity index (χ0) is 19.8. The van der Waals surface area contributed by atoms with Crippen LogP contribution >= 0.6 is 0 Å². The number of carbonyl (C=O) groups excluding carboxylic acids is 1. The molecule has 0 aliphatic carbocycles. The van der Waals surface area contributed by atoms with E-state index in [0.717, 1.165) is 16.7 Å². The number of allylic oxidation sites excluding steroid dienone is 2. The maximum absolute atomic E-state index is 12.1. The summed E-state index contributed by atoms with van der Waals surface area (Å²) < 4.78 is 5.40. The van der Waals surface area contributed by atoms with Gasteiger partial charge in [0, 0.05) is 5.41 Å². The van der Waals surface area contributed by atoms with E-state index < -0.39 is 11.4 Å². The Bertz CT molecular complexity index is 1010. The Hall–Kier alpha value is -3.19. The third kappa shape index (κ3) is 3.68. The van der Waals surface area contributed by atoms with E-state index in [-0.39, 0.29) is 5.90 Å². The molecule has 27 heavy (non-hydrogen) atoms. The van der Waals surface area contributed by atoms with Gasteiger partial charge in [0.15, 0.2) is 0 Å². The van der Waals surface area contributed by atoms with E-state index in [2.05, 4.69) is 17.1 Å². The van der Waals surface area contributed by atoms with Crippen molar-refractivity contribution in [3.05, 3.63) is 76.0 Å². The zero-order valence-electron chi connectivity index (χ0n) is 16.3. The quantitative estimate of drug-likeness (QED) is 0.547. The fraction of sp³-hybridized carbons (Fsp3) is 0.261. The van der Waals surface area contributed by atoms with Crippen molar-refractivity contribution in [2.75, 3.05) is 0 Å². The average Bonchev–Trinajstić information content (AvgIpc) is 2.89. The van der Waals surface area contributed by atoms with Gasteiger partial charge >= 0.3 is 5.97 Å². The SMILES string of the molecule is Cc1cc(C)cc(/C(C#N)=C(\N=C2OC(=O)c3ccccc32)C(C)(C)C)c1. The average molecular weight is 358 g/mol. The van der Waals surface area contributed by atoms with E-state index in [4.69, 9.17) is 4.74 Å². The Balaban J connectivity index is 2.25. The number of esters is 1. The van der Waals surface area contributed by atoms with Gasteiger partial charge < -0.3 is 4.74 Å². The summed E-state index contributed by atoms with van der Waals surface area (Å²) in [5.74, 6) is -0.167. The minimum absolute atomic E-state index is 0.248. The summed E-state index contributed by atoms with van der Waals surface area (Å²) >= 11 is 0. The number of nitrogens with zero attached hydrogens (tertiary/aromatic N) is 2. The van der Waals surface area contributed by atoms with Crippen LogP contribution in [-0.2, 0) is 4.74 Å². The molecule has 3 rings (SSSR count). The molecule has 2 aromatic carbocycles. The van der Waals surface area contributed by atoms with Gasteiger partial charge in [0.1, 0.15) is 6.07 Å². The number of carbonyl (C=O) groups is 1. The Morgan fingerprint density at radius 2 is 1.63 bits per heavy atom. The first-order chi connectivity index (χ1) is 12.7. The molecule has 0 atom stereocenters. The second-order valence-electron chi connectivity index (χ2n) is 7.81. The molecule has 0 radical (unpaired) electrons. The van der Waals surface area contributed by atoms with E-state index in [9.17, 15) is 10.1 Å². The molecule has 0 saturated heterocycles. The van der Waals surface area contributed by atoms with Crippen LogP contribution in [0.2, 0.25) is 0 Å². The number of cyclic esters (lactones) is 1. The second-order valence-corrected chi connectivity index (χ2v) is 7.81. The van der Waals surface area contributed by atoms with E-state index >= 15 is 0 Å². The van der Waals surface area contributed by atoms with Crippen LogP contribution in [-0.4, -0.2) is 11.9 Å². The van der Waals surface area contributed by atoms with Crippen molar-refractivity contribution in [3.63, 3.8) is 0 Å². The molecular formula is C23H22N2O2. The van der Waals surface area contributed by atoms with Crippen LogP contribution in [0.3, 0.4) is 0 Å². The number of rotatable bonds is 2. The zero-order valence-corrected chi connectivity index (χ0v) is 16.3. The summed E-state index contributed by atoms with van der Waals surface area (Å²) in [7, 11) is 0. The number of hydrogen-bond donors (Lipinski definition) is 0. The summed E-state index contributed by atoms with van der Waals surface area (Å²) in [5, 5.41) is 9.93. The molecule has 0 N–H and O–H groups in total. The van der Waals surface area contributed by atoms with Gasteiger partial charge in [-0.25, -0.2) is 9.79 Å². The summed E-state index contributed by atoms with van der Waals surface area (Å²) in [5.41, 5.74) is 4.79. The molecule has 1 aliphatic rings. The van der Waals surface area contributed by atoms with Gasteiger partial charge in [-0.2, -0.15) is 5.26 Å². The van der Waals surface area contributed by atoms with Crippen LogP contribution in [0.25, 0.3) is 5.57 Å². The van der Waals surface area contributed by atoms with Gasteiger partial charge in [-0.05, 0) is 31.5 Å². The van der Waals surface area contributed by atoms with Crippen molar-refractivity contribution in [1.82, 2.24) is 0 Å². The molecule has 0 fully saturated rings. The molecule has 0 unspecified atom stereocenters. The number of aryl methyl sites for hydroxylation is 2. The molecule has 4 heteroatoms. The number of benzene rings is 2. The Morgan fingerprint density at radius 1 is 1.04 bits per heavy atom. The normalized spacial score (nSPS) is 15.9. The first-order valence-corrected chi connectivity index (χ1v) is 8.84. The van der Waals surface area contributed by atoms with Gasteiger partial charge in [0.2, 0.25) is 5.90 Å². The van der Waals surface area contributed by atoms with Crippen LogP contribution < -0.4 is 0 Å². The maximum atomic E-state index is 12.1. The van der Waals surface area contributed by atoms with Gasteiger partial charge in [0.25, 0.3) is 0 Å². The summed E-state index contributed by atoms with van der Waals surface area (Å²) in [6, 6.07) is 15.5. The largest absolute Gasteiger partial charge is 0.403 e. The van der Waals surface area contributed by atoms with Crippen LogP contribution in [0.1, 0.15) is 53.4 Å². The first-order valence-electron chi connectivity index (χ1n) is 8.84. The van der Waals surface area contributed by atoms with Gasteiger partial charge in [0.05, 0.1) is 22.4 Å². The highest BCUT2D eigenvalue weighted by atomic mass is 16.5. The predicted octanol–water partition coefficient (Wildman–Crippen LogP) is 5.20. The van der Waals surface area contributed by atoms with Crippen LogP contribution in [0.15, 0.2) is 53.2 Å². The third-order valence-electron chi connectivity index (χ3n) is 4.35. The highest BCUT2D eigenvalue weighted by Crippen LogP contribution is 2.35. The summed E-state index contributed by atoms with van der Waals surface area (Å²) in [6.07, 6.45) is 0. The summed E-state index contributed by atoms with van der Waals surface area (Å²) in [6.45, 7) is 9.99. The standard InChI is InChI=1S/C23H22N2O2/c1-14-10-15(2)12-16(11-14)19(13-24)20(23(3,4)5)25-21-17-8-6-7-9-18(17)22(26)27-21/h6-12H,1-5H3/b20-19-,25-21?. The lowest BCUT2D eigenvalue weighted by atomic mass is 9.86. The molecule has 0 bridgehead atoms. The van der Waals surface area contributed by atoms with Crippen LogP contribution in [0.5, 0.6) is 0 Å². The topological polar surface area (TPSA) is 62.4 Å². The Kier molecular flexibility index (Phi) is 4.72. The van der Waals surface area contributed by atoms with Crippen molar-refractivity contribution < 1.29 is 9.53 Å². The first kappa shape index (κ1) is 18.6. The van der Waals surface area contributed by atoms with Crippen molar-refractivity contribution in [2.24, 2.45) is 10.4 Å². The Morgan fingerprint density at radius 3 is 2.19 bits per heavy atom. The summed E-state index contributed by atoms with van der Waals surface area (Å²) in [4.78, 5) is 16.8. The minimum Gasteiger partial charge on any atom is -0.403 e. The fourth-order valence-electron chi connectivity index (χ4n) is 3.20. The van der Waals surface area contributed by atoms with Crippen LogP contribution in [0.4, 0.5) is 0 Å². The third-order valence-corrected chi connectivity index (χ3v) is 4.35. The molecule has 0 saturated carbocycles. The van der Waals surface area contributed by atoms with Crippen molar-refractivity contribution in [3.8, 4) is 6.07 Å². The smallest absolute Gasteiger partial charge is 0.345 e. The lowest BCUT2D eigenvalue weighted by molar-refractivity contribution is 0.0737. The van der Waals surface area contributed by atoms with E-state index in [0.29, 0.717) is 22.4 Å². The molecule has 4 nitrogen and oxygen atoms in total. The predicted molar refractivity (Wildman–Crippen MR) is 106 cm³/mol. The van der Waals surface area contributed by atoms with E-state index in [1.54, 1.807) is 12.1 Å². The number of hydrogen-bond acceptors (Lipinski definition) is 4.